The molecule has 0 spiro atoms. The Bertz CT molecular complexity index is 939. The maximum atomic E-state index is 12.7. The van der Waals surface area contributed by atoms with Crippen LogP contribution in [0.1, 0.15) is 25.7 Å². The number of amides is 1. The lowest BCUT2D eigenvalue weighted by atomic mass is 10.1. The second kappa shape index (κ2) is 10.5. The number of halogens is 4. The number of rotatable bonds is 4. The van der Waals surface area contributed by atoms with Crippen LogP contribution in [0.25, 0.3) is 0 Å². The Balaban J connectivity index is 0.000000383. The Hall–Kier alpha value is -2.72. The first kappa shape index (κ1) is 24.9. The molecule has 0 aliphatic carbocycles. The zero-order valence-electron chi connectivity index (χ0n) is 17.2. The van der Waals surface area contributed by atoms with Gasteiger partial charge in [0, 0.05) is 24.7 Å². The van der Waals surface area contributed by atoms with Crippen molar-refractivity contribution in [3.63, 3.8) is 0 Å². The molecule has 3 atom stereocenters. The maximum absolute atomic E-state index is 12.7. The number of carboxylic acids is 1. The monoisotopic (exact) mass is 535 g/mol. The molecular formula is C20H21BrF3N3O6. The van der Waals surface area contributed by atoms with Gasteiger partial charge in [0.05, 0.1) is 16.6 Å². The van der Waals surface area contributed by atoms with Gasteiger partial charge in [-0.3, -0.25) is 10.1 Å². The standard InChI is InChI=1S/C18H20BrN3O4.C2HF3O2/c19-13-6-16-17(26-10-25-16)7-15(13)24-9-11-3-4-14(21-11)18(23)22-5-1-2-12(22)8-20;3-2(4,5)1(6)7/h6-7,11-12,14,21H,1-5,9-10H2;(H,6,7)/t11-,12+,14+;/m1./s1. The predicted octanol–water partition coefficient (Wildman–Crippen LogP) is 2.83. The zero-order valence-corrected chi connectivity index (χ0v) is 18.8. The maximum Gasteiger partial charge on any atom is 0.490 e. The summed E-state index contributed by atoms with van der Waals surface area (Å²) in [6.45, 7) is 1.36. The number of carbonyl (C=O) groups is 2. The summed E-state index contributed by atoms with van der Waals surface area (Å²) in [6, 6.07) is 5.48. The SMILES string of the molecule is N#C[C@@H]1CCCN1C(=O)[C@@H]1CC[C@H](COc2cc3c(cc2Br)OCO3)N1.O=C(O)C(F)(F)F. The van der Waals surface area contributed by atoms with Gasteiger partial charge in [0.2, 0.25) is 12.7 Å². The summed E-state index contributed by atoms with van der Waals surface area (Å²) >= 11 is 3.48. The highest BCUT2D eigenvalue weighted by Crippen LogP contribution is 2.40. The van der Waals surface area contributed by atoms with E-state index in [2.05, 4.69) is 27.3 Å². The van der Waals surface area contributed by atoms with Gasteiger partial charge in [-0.15, -0.1) is 0 Å². The van der Waals surface area contributed by atoms with Crippen LogP contribution < -0.4 is 19.5 Å². The van der Waals surface area contributed by atoms with Gasteiger partial charge in [0.15, 0.2) is 11.5 Å². The van der Waals surface area contributed by atoms with Gasteiger partial charge in [0.1, 0.15) is 18.4 Å². The van der Waals surface area contributed by atoms with E-state index in [0.29, 0.717) is 30.4 Å². The van der Waals surface area contributed by atoms with Crippen molar-refractivity contribution in [3.8, 4) is 23.3 Å². The molecule has 0 aromatic heterocycles. The van der Waals surface area contributed by atoms with Gasteiger partial charge in [-0.25, -0.2) is 4.79 Å². The van der Waals surface area contributed by atoms with E-state index >= 15 is 0 Å². The van der Waals surface area contributed by atoms with Crippen LogP contribution in [0.2, 0.25) is 0 Å². The number of likely N-dealkylation sites (tertiary alicyclic amines) is 1. The summed E-state index contributed by atoms with van der Waals surface area (Å²) in [5, 5.41) is 19.7. The van der Waals surface area contributed by atoms with Gasteiger partial charge < -0.3 is 24.2 Å². The molecule has 1 amide bonds. The topological polar surface area (TPSA) is 121 Å². The highest BCUT2D eigenvalue weighted by atomic mass is 79.9. The van der Waals surface area contributed by atoms with Crippen molar-refractivity contribution in [1.29, 1.82) is 5.26 Å². The fourth-order valence-electron chi connectivity index (χ4n) is 3.71. The lowest BCUT2D eigenvalue weighted by molar-refractivity contribution is -0.192. The van der Waals surface area contributed by atoms with Crippen LogP contribution in [0.4, 0.5) is 13.2 Å². The van der Waals surface area contributed by atoms with Crippen LogP contribution in [-0.2, 0) is 9.59 Å². The number of nitrogens with one attached hydrogen (secondary N) is 1. The molecule has 0 unspecified atom stereocenters. The molecule has 4 rings (SSSR count). The molecular weight excluding hydrogens is 515 g/mol. The largest absolute Gasteiger partial charge is 0.491 e. The molecule has 33 heavy (non-hydrogen) atoms. The summed E-state index contributed by atoms with van der Waals surface area (Å²) < 4.78 is 49.2. The first-order valence-corrected chi connectivity index (χ1v) is 10.9. The van der Waals surface area contributed by atoms with E-state index in [1.165, 1.54) is 0 Å². The molecule has 0 bridgehead atoms. The summed E-state index contributed by atoms with van der Waals surface area (Å²) in [7, 11) is 0. The molecule has 2 fully saturated rings. The predicted molar refractivity (Wildman–Crippen MR) is 110 cm³/mol. The average Bonchev–Trinajstić information content (AvgIpc) is 3.51. The quantitative estimate of drug-likeness (QED) is 0.603. The number of benzene rings is 1. The molecule has 0 saturated carbocycles. The van der Waals surface area contributed by atoms with Crippen molar-refractivity contribution < 1.29 is 42.1 Å². The number of carbonyl (C=O) groups excluding carboxylic acids is 1. The molecule has 2 N–H and O–H groups in total. The number of aliphatic carboxylic acids is 1. The number of fused-ring (bicyclic) bond motifs is 1. The number of nitriles is 1. The molecule has 3 heterocycles. The van der Waals surface area contributed by atoms with E-state index in [-0.39, 0.29) is 30.8 Å². The van der Waals surface area contributed by atoms with E-state index in [1.807, 2.05) is 12.1 Å². The minimum absolute atomic E-state index is 0.0424. The number of hydrogen-bond donors (Lipinski definition) is 2. The van der Waals surface area contributed by atoms with Crippen LogP contribution in [0.3, 0.4) is 0 Å². The van der Waals surface area contributed by atoms with E-state index in [4.69, 9.17) is 24.1 Å². The summed E-state index contributed by atoms with van der Waals surface area (Å²) in [5.74, 6) is -0.651. The summed E-state index contributed by atoms with van der Waals surface area (Å²) in [4.78, 5) is 23.3. The van der Waals surface area contributed by atoms with Gasteiger partial charge in [-0.05, 0) is 41.6 Å². The number of nitrogens with zero attached hydrogens (tertiary/aromatic N) is 2. The minimum atomic E-state index is -5.08. The van der Waals surface area contributed by atoms with Crippen molar-refractivity contribution in [3.05, 3.63) is 16.6 Å². The number of carboxylic acid groups (broad SMARTS) is 1. The van der Waals surface area contributed by atoms with Crippen LogP contribution in [0, 0.1) is 11.3 Å². The molecule has 180 valence electrons. The highest BCUT2D eigenvalue weighted by molar-refractivity contribution is 9.10. The molecule has 1 aromatic rings. The highest BCUT2D eigenvalue weighted by Gasteiger charge is 2.38. The second-order valence-electron chi connectivity index (χ2n) is 7.56. The Morgan fingerprint density at radius 1 is 1.27 bits per heavy atom. The molecule has 3 aliphatic heterocycles. The minimum Gasteiger partial charge on any atom is -0.491 e. The van der Waals surface area contributed by atoms with Crippen LogP contribution >= 0.6 is 15.9 Å². The van der Waals surface area contributed by atoms with Crippen molar-refractivity contribution in [2.45, 2.75) is 50.0 Å². The van der Waals surface area contributed by atoms with E-state index in [1.54, 1.807) is 4.90 Å². The van der Waals surface area contributed by atoms with Crippen molar-refractivity contribution in [2.24, 2.45) is 0 Å². The molecule has 13 heteroatoms. The zero-order chi connectivity index (χ0) is 24.2. The Labute approximate surface area is 195 Å². The molecule has 2 saturated heterocycles. The fourth-order valence-corrected chi connectivity index (χ4v) is 4.15. The van der Waals surface area contributed by atoms with Crippen molar-refractivity contribution in [1.82, 2.24) is 10.2 Å². The molecule has 0 radical (unpaired) electrons. The van der Waals surface area contributed by atoms with Gasteiger partial charge >= 0.3 is 12.1 Å². The van der Waals surface area contributed by atoms with Gasteiger partial charge in [-0.1, -0.05) is 0 Å². The Kier molecular flexibility index (Phi) is 7.91. The smallest absolute Gasteiger partial charge is 0.490 e. The third-order valence-corrected chi connectivity index (χ3v) is 5.95. The number of ether oxygens (including phenoxy) is 3. The first-order chi connectivity index (χ1) is 15.6. The Morgan fingerprint density at radius 2 is 1.94 bits per heavy atom. The van der Waals surface area contributed by atoms with Crippen LogP contribution in [0.5, 0.6) is 17.2 Å². The van der Waals surface area contributed by atoms with Crippen LogP contribution in [-0.4, -0.2) is 66.1 Å². The molecule has 9 nitrogen and oxygen atoms in total. The van der Waals surface area contributed by atoms with Crippen LogP contribution in [0.15, 0.2) is 16.6 Å². The third-order valence-electron chi connectivity index (χ3n) is 5.33. The fraction of sp³-hybridized carbons (Fsp3) is 0.550. The van der Waals surface area contributed by atoms with Gasteiger partial charge in [-0.2, -0.15) is 18.4 Å². The Morgan fingerprint density at radius 3 is 2.58 bits per heavy atom. The second-order valence-corrected chi connectivity index (χ2v) is 8.42. The van der Waals surface area contributed by atoms with Crippen molar-refractivity contribution in [2.75, 3.05) is 19.9 Å². The van der Waals surface area contributed by atoms with Gasteiger partial charge in [0.25, 0.3) is 0 Å². The summed E-state index contributed by atoms with van der Waals surface area (Å²) in [5.41, 5.74) is 0. The number of alkyl halides is 3. The van der Waals surface area contributed by atoms with E-state index in [0.717, 1.165) is 30.2 Å². The number of hydrogen-bond acceptors (Lipinski definition) is 7. The molecule has 3 aliphatic rings. The summed E-state index contributed by atoms with van der Waals surface area (Å²) in [6.07, 6.45) is -1.77. The lowest BCUT2D eigenvalue weighted by Crippen LogP contribution is -2.47. The van der Waals surface area contributed by atoms with E-state index in [9.17, 15) is 23.2 Å². The normalized spacial score (nSPS) is 23.5. The van der Waals surface area contributed by atoms with Crippen molar-refractivity contribution >= 4 is 27.8 Å². The first-order valence-electron chi connectivity index (χ1n) is 10.1. The third kappa shape index (κ3) is 6.20. The molecule has 1 aromatic carbocycles. The van der Waals surface area contributed by atoms with E-state index < -0.39 is 12.1 Å². The lowest BCUT2D eigenvalue weighted by Gasteiger charge is -2.24. The average molecular weight is 536 g/mol.